The van der Waals surface area contributed by atoms with Crippen molar-refractivity contribution >= 4 is 37.6 Å². The topological polar surface area (TPSA) is 26.3 Å². The van der Waals surface area contributed by atoms with Gasteiger partial charge in [0.05, 0.1) is 12.7 Å². The maximum atomic E-state index is 12.7. The van der Waals surface area contributed by atoms with Crippen LogP contribution in [-0.4, -0.2) is 12.9 Å². The van der Waals surface area contributed by atoms with E-state index in [4.69, 9.17) is 4.74 Å². The van der Waals surface area contributed by atoms with E-state index in [9.17, 15) is 4.79 Å². The second-order valence-electron chi connectivity index (χ2n) is 4.57. The van der Waals surface area contributed by atoms with Gasteiger partial charge in [-0.15, -0.1) is 0 Å². The van der Waals surface area contributed by atoms with Crippen molar-refractivity contribution in [3.8, 4) is 5.75 Å². The third kappa shape index (κ3) is 2.81. The Morgan fingerprint density at radius 2 is 1.75 bits per heavy atom. The molecule has 2 aromatic carbocycles. The fourth-order valence-electron chi connectivity index (χ4n) is 1.97. The predicted octanol–water partition coefficient (Wildman–Crippen LogP) is 5.07. The van der Waals surface area contributed by atoms with Gasteiger partial charge in [-0.3, -0.25) is 4.79 Å². The number of hydrogen-bond donors (Lipinski definition) is 0. The van der Waals surface area contributed by atoms with E-state index in [1.54, 1.807) is 7.11 Å². The molecule has 0 atom stereocenters. The van der Waals surface area contributed by atoms with Crippen LogP contribution < -0.4 is 4.74 Å². The van der Waals surface area contributed by atoms with Gasteiger partial charge in [-0.1, -0.05) is 28.1 Å². The molecule has 4 heteroatoms. The molecule has 0 heterocycles. The molecule has 0 saturated heterocycles. The molecule has 0 aromatic heterocycles. The lowest BCUT2D eigenvalue weighted by Crippen LogP contribution is -2.06. The fourth-order valence-corrected chi connectivity index (χ4v) is 2.76. The van der Waals surface area contributed by atoms with E-state index in [-0.39, 0.29) is 5.78 Å². The molecule has 0 unspecified atom stereocenters. The van der Waals surface area contributed by atoms with Crippen LogP contribution in [0.3, 0.4) is 0 Å². The van der Waals surface area contributed by atoms with Gasteiger partial charge >= 0.3 is 0 Å². The molecule has 0 radical (unpaired) electrons. The van der Waals surface area contributed by atoms with Gasteiger partial charge in [0.15, 0.2) is 5.78 Å². The number of methoxy groups -OCH3 is 1. The fraction of sp³-hybridized carbons (Fsp3) is 0.188. The number of rotatable bonds is 3. The van der Waals surface area contributed by atoms with Crippen LogP contribution in [0.15, 0.2) is 39.3 Å². The Morgan fingerprint density at radius 3 is 2.40 bits per heavy atom. The molecule has 0 aliphatic carbocycles. The first-order chi connectivity index (χ1) is 9.45. The average Bonchev–Trinajstić information content (AvgIpc) is 2.43. The summed E-state index contributed by atoms with van der Waals surface area (Å²) < 4.78 is 7.05. The minimum Gasteiger partial charge on any atom is -0.496 e. The number of hydrogen-bond acceptors (Lipinski definition) is 2. The van der Waals surface area contributed by atoms with Crippen LogP contribution in [0.25, 0.3) is 0 Å². The van der Waals surface area contributed by atoms with Crippen LogP contribution in [0.1, 0.15) is 27.0 Å². The summed E-state index contributed by atoms with van der Waals surface area (Å²) in [7, 11) is 1.57. The zero-order valence-corrected chi connectivity index (χ0v) is 14.6. The highest BCUT2D eigenvalue weighted by Crippen LogP contribution is 2.31. The van der Waals surface area contributed by atoms with Crippen molar-refractivity contribution in [2.75, 3.05) is 7.11 Å². The molecular weight excluding hydrogens is 384 g/mol. The lowest BCUT2D eigenvalue weighted by Gasteiger charge is -2.12. The van der Waals surface area contributed by atoms with Gasteiger partial charge in [0.2, 0.25) is 0 Å². The van der Waals surface area contributed by atoms with E-state index in [1.165, 1.54) is 0 Å². The molecule has 0 spiro atoms. The average molecular weight is 398 g/mol. The molecule has 2 rings (SSSR count). The molecule has 0 aliphatic rings. The molecule has 0 fully saturated rings. The Bertz CT molecular complexity index is 678. The quantitative estimate of drug-likeness (QED) is 0.676. The van der Waals surface area contributed by atoms with Crippen LogP contribution in [-0.2, 0) is 0 Å². The largest absolute Gasteiger partial charge is 0.496 e. The van der Waals surface area contributed by atoms with Gasteiger partial charge in [-0.05, 0) is 59.1 Å². The number of aryl methyl sites for hydroxylation is 2. The molecule has 0 aliphatic heterocycles. The van der Waals surface area contributed by atoms with E-state index < -0.39 is 0 Å². The van der Waals surface area contributed by atoms with Crippen LogP contribution in [0.5, 0.6) is 5.75 Å². The Hall–Kier alpha value is -1.13. The first-order valence-corrected chi connectivity index (χ1v) is 7.68. The van der Waals surface area contributed by atoms with Crippen molar-refractivity contribution in [2.45, 2.75) is 13.8 Å². The Balaban J connectivity index is 2.59. The molecule has 20 heavy (non-hydrogen) atoms. The molecule has 0 bridgehead atoms. The summed E-state index contributed by atoms with van der Waals surface area (Å²) in [5.74, 6) is 0.530. The summed E-state index contributed by atoms with van der Waals surface area (Å²) in [6, 6.07) is 9.32. The standard InChI is InChI=1S/C16H14Br2O2/c1-9-5-4-6-11(15(9)18)16(19)12-8-13(17)10(2)7-14(12)20-3/h4-8H,1-3H3. The monoisotopic (exact) mass is 396 g/mol. The van der Waals surface area contributed by atoms with E-state index in [0.717, 1.165) is 20.1 Å². The van der Waals surface area contributed by atoms with Gasteiger partial charge in [-0.25, -0.2) is 0 Å². The Morgan fingerprint density at radius 1 is 1.05 bits per heavy atom. The second kappa shape index (κ2) is 6.10. The highest BCUT2D eigenvalue weighted by atomic mass is 79.9. The molecule has 2 aromatic rings. The lowest BCUT2D eigenvalue weighted by atomic mass is 10.00. The first kappa shape index (κ1) is 15.3. The summed E-state index contributed by atoms with van der Waals surface area (Å²) in [6.07, 6.45) is 0. The van der Waals surface area contributed by atoms with Crippen molar-refractivity contribution in [2.24, 2.45) is 0 Å². The predicted molar refractivity (Wildman–Crippen MR) is 87.7 cm³/mol. The number of halogens is 2. The number of ether oxygens (including phenoxy) is 1. The van der Waals surface area contributed by atoms with Gasteiger partial charge < -0.3 is 4.74 Å². The molecule has 0 amide bonds. The van der Waals surface area contributed by atoms with Crippen LogP contribution in [0, 0.1) is 13.8 Å². The summed E-state index contributed by atoms with van der Waals surface area (Å²) >= 11 is 6.95. The van der Waals surface area contributed by atoms with Crippen molar-refractivity contribution in [1.82, 2.24) is 0 Å². The lowest BCUT2D eigenvalue weighted by molar-refractivity contribution is 0.103. The normalized spacial score (nSPS) is 10.4. The van der Waals surface area contributed by atoms with Gasteiger partial charge in [0, 0.05) is 14.5 Å². The van der Waals surface area contributed by atoms with Gasteiger partial charge in [-0.2, -0.15) is 0 Å². The summed E-state index contributed by atoms with van der Waals surface area (Å²) in [5, 5.41) is 0. The zero-order valence-electron chi connectivity index (χ0n) is 11.5. The van der Waals surface area contributed by atoms with Crippen LogP contribution in [0.4, 0.5) is 0 Å². The SMILES string of the molecule is COc1cc(C)c(Br)cc1C(=O)c1cccc(C)c1Br. The smallest absolute Gasteiger partial charge is 0.197 e. The Kier molecular flexibility index (Phi) is 4.66. The van der Waals surface area contributed by atoms with E-state index in [0.29, 0.717) is 16.9 Å². The minimum atomic E-state index is -0.0573. The highest BCUT2D eigenvalue weighted by molar-refractivity contribution is 9.10. The summed E-state index contributed by atoms with van der Waals surface area (Å²) in [4.78, 5) is 12.7. The number of benzene rings is 2. The number of carbonyl (C=O) groups excluding carboxylic acids is 1. The molecule has 0 saturated carbocycles. The maximum absolute atomic E-state index is 12.7. The van der Waals surface area contributed by atoms with Crippen molar-refractivity contribution in [3.05, 3.63) is 61.5 Å². The summed E-state index contributed by atoms with van der Waals surface area (Å²) in [6.45, 7) is 3.92. The molecule has 104 valence electrons. The zero-order chi connectivity index (χ0) is 14.9. The summed E-state index contributed by atoms with van der Waals surface area (Å²) in [5.41, 5.74) is 3.25. The van der Waals surface area contributed by atoms with Crippen molar-refractivity contribution in [3.63, 3.8) is 0 Å². The van der Waals surface area contributed by atoms with Crippen molar-refractivity contribution < 1.29 is 9.53 Å². The van der Waals surface area contributed by atoms with Crippen LogP contribution in [0.2, 0.25) is 0 Å². The minimum absolute atomic E-state index is 0.0573. The third-order valence-electron chi connectivity index (χ3n) is 3.16. The molecule has 0 N–H and O–H groups in total. The van der Waals surface area contributed by atoms with Crippen LogP contribution >= 0.6 is 31.9 Å². The van der Waals surface area contributed by atoms with E-state index in [1.807, 2.05) is 44.2 Å². The number of ketones is 1. The second-order valence-corrected chi connectivity index (χ2v) is 6.21. The first-order valence-electron chi connectivity index (χ1n) is 6.09. The Labute approximate surface area is 135 Å². The van der Waals surface area contributed by atoms with E-state index >= 15 is 0 Å². The number of carbonyl (C=O) groups is 1. The van der Waals surface area contributed by atoms with Crippen molar-refractivity contribution in [1.29, 1.82) is 0 Å². The molecular formula is C16H14Br2O2. The van der Waals surface area contributed by atoms with Gasteiger partial charge in [0.1, 0.15) is 5.75 Å². The van der Waals surface area contributed by atoms with E-state index in [2.05, 4.69) is 31.9 Å². The third-order valence-corrected chi connectivity index (χ3v) is 5.07. The molecule has 2 nitrogen and oxygen atoms in total. The maximum Gasteiger partial charge on any atom is 0.197 e. The van der Waals surface area contributed by atoms with Gasteiger partial charge in [0.25, 0.3) is 0 Å². The highest BCUT2D eigenvalue weighted by Gasteiger charge is 2.19.